The second-order valence-corrected chi connectivity index (χ2v) is 27.1. The van der Waals surface area contributed by atoms with Crippen LogP contribution in [-0.2, 0) is 23.7 Å². The Bertz CT molecular complexity index is 1590. The van der Waals surface area contributed by atoms with Gasteiger partial charge in [-0.25, -0.2) is 0 Å². The van der Waals surface area contributed by atoms with E-state index in [0.29, 0.717) is 6.42 Å². The number of rotatable bonds is 64. The average Bonchev–Trinajstić information content (AvgIpc) is 2.53. The number of unbranched alkanes of at least 4 members (excludes halogenated alkanes) is 49. The molecule has 526 valence electrons. The van der Waals surface area contributed by atoms with Gasteiger partial charge in [-0.2, -0.15) is 0 Å². The monoisotopic (exact) mass is 1270 g/mol. The van der Waals surface area contributed by atoms with Crippen molar-refractivity contribution in [1.29, 1.82) is 0 Å². The Labute approximate surface area is 545 Å². The molecule has 0 radical (unpaired) electrons. The number of allylic oxidation sites excluding steroid dienone is 3. The van der Waals surface area contributed by atoms with Crippen LogP contribution in [0.5, 0.6) is 0 Å². The fourth-order valence-electron chi connectivity index (χ4n) is 12.8. The van der Waals surface area contributed by atoms with Crippen LogP contribution in [0, 0.1) is 0 Å². The molecular weight excluding hydrogens is 1120 g/mol. The maximum Gasteiger partial charge on any atom is 0.220 e. The summed E-state index contributed by atoms with van der Waals surface area (Å²) in [6.45, 7) is 2.86. The van der Waals surface area contributed by atoms with E-state index in [1.807, 2.05) is 6.08 Å². The maximum absolute atomic E-state index is 13.4. The van der Waals surface area contributed by atoms with Crippen molar-refractivity contribution in [3.05, 3.63) is 24.3 Å². The zero-order chi connectivity index (χ0) is 64.5. The van der Waals surface area contributed by atoms with E-state index < -0.39 is 86.8 Å². The zero-order valence-corrected chi connectivity index (χ0v) is 57.5. The molecule has 1 amide bonds. The summed E-state index contributed by atoms with van der Waals surface area (Å²) in [4.78, 5) is 13.4. The summed E-state index contributed by atoms with van der Waals surface area (Å²) in [5.74, 6) is -0.231. The first-order valence-corrected chi connectivity index (χ1v) is 38.1. The molecule has 2 heterocycles. The van der Waals surface area contributed by atoms with E-state index in [-0.39, 0.29) is 18.9 Å². The predicted molar refractivity (Wildman–Crippen MR) is 365 cm³/mol. The van der Waals surface area contributed by atoms with Gasteiger partial charge in [0.1, 0.15) is 48.8 Å². The molecule has 12 atom stereocenters. The van der Waals surface area contributed by atoms with E-state index in [1.165, 1.54) is 289 Å². The van der Waals surface area contributed by atoms with E-state index >= 15 is 0 Å². The first-order valence-electron chi connectivity index (χ1n) is 38.1. The number of hydrogen-bond donors (Lipinski definition) is 9. The fourth-order valence-corrected chi connectivity index (χ4v) is 12.8. The summed E-state index contributed by atoms with van der Waals surface area (Å²) in [6.07, 6.45) is 59.6. The minimum atomic E-state index is -1.79. The van der Waals surface area contributed by atoms with Crippen LogP contribution < -0.4 is 5.32 Å². The highest BCUT2D eigenvalue weighted by atomic mass is 16.7. The van der Waals surface area contributed by atoms with Crippen LogP contribution in [0.4, 0.5) is 0 Å². The smallest absolute Gasteiger partial charge is 0.220 e. The van der Waals surface area contributed by atoms with Gasteiger partial charge in [0.05, 0.1) is 32.0 Å². The Morgan fingerprint density at radius 3 is 1.07 bits per heavy atom. The Kier molecular flexibility index (Phi) is 56.5. The lowest BCUT2D eigenvalue weighted by atomic mass is 9.97. The molecule has 0 aromatic carbocycles. The van der Waals surface area contributed by atoms with E-state index in [2.05, 4.69) is 31.3 Å². The summed E-state index contributed by atoms with van der Waals surface area (Å²) in [7, 11) is 0. The van der Waals surface area contributed by atoms with Crippen molar-refractivity contribution in [2.45, 2.75) is 428 Å². The number of carbonyl (C=O) groups excluding carboxylic acids is 1. The third-order valence-electron chi connectivity index (χ3n) is 18.9. The zero-order valence-electron chi connectivity index (χ0n) is 57.5. The number of aliphatic hydroxyl groups excluding tert-OH is 8. The Morgan fingerprint density at radius 1 is 0.393 bits per heavy atom. The van der Waals surface area contributed by atoms with Crippen LogP contribution in [0.2, 0.25) is 0 Å². The van der Waals surface area contributed by atoms with E-state index in [0.717, 1.165) is 38.5 Å². The van der Waals surface area contributed by atoms with E-state index in [1.54, 1.807) is 6.08 Å². The van der Waals surface area contributed by atoms with E-state index in [4.69, 9.17) is 18.9 Å². The van der Waals surface area contributed by atoms with Gasteiger partial charge in [-0.3, -0.25) is 4.79 Å². The third-order valence-corrected chi connectivity index (χ3v) is 18.9. The van der Waals surface area contributed by atoms with Crippen LogP contribution in [0.1, 0.15) is 354 Å². The first-order chi connectivity index (χ1) is 43.6. The second kappa shape index (κ2) is 60.2. The van der Waals surface area contributed by atoms with Crippen molar-refractivity contribution in [2.75, 3.05) is 19.8 Å². The minimum absolute atomic E-state index is 0.231. The molecule has 2 rings (SSSR count). The van der Waals surface area contributed by atoms with Crippen LogP contribution in [0.3, 0.4) is 0 Å². The van der Waals surface area contributed by atoms with Gasteiger partial charge in [0, 0.05) is 6.42 Å². The molecule has 2 saturated heterocycles. The normalized spacial score (nSPS) is 23.1. The quantitative estimate of drug-likeness (QED) is 0.0204. The lowest BCUT2D eigenvalue weighted by Crippen LogP contribution is -2.65. The number of ether oxygens (including phenoxy) is 4. The molecule has 0 saturated carbocycles. The summed E-state index contributed by atoms with van der Waals surface area (Å²) < 4.78 is 22.9. The Hall–Kier alpha value is -1.53. The highest BCUT2D eigenvalue weighted by Crippen LogP contribution is 2.30. The number of aliphatic hydroxyl groups is 8. The van der Waals surface area contributed by atoms with Gasteiger partial charge in [0.2, 0.25) is 5.91 Å². The Balaban J connectivity index is 1.64. The highest BCUT2D eigenvalue weighted by Gasteiger charge is 2.51. The predicted octanol–water partition coefficient (Wildman–Crippen LogP) is 16.3. The second-order valence-electron chi connectivity index (χ2n) is 27.1. The van der Waals surface area contributed by atoms with Gasteiger partial charge in [-0.15, -0.1) is 0 Å². The number of carbonyl (C=O) groups is 1. The van der Waals surface area contributed by atoms with Gasteiger partial charge in [0.25, 0.3) is 0 Å². The van der Waals surface area contributed by atoms with Gasteiger partial charge in [0.15, 0.2) is 12.6 Å². The maximum atomic E-state index is 13.4. The van der Waals surface area contributed by atoms with Crippen molar-refractivity contribution in [3.8, 4) is 0 Å². The molecule has 2 aliphatic rings. The van der Waals surface area contributed by atoms with Crippen molar-refractivity contribution in [2.24, 2.45) is 0 Å². The van der Waals surface area contributed by atoms with Crippen molar-refractivity contribution in [1.82, 2.24) is 5.32 Å². The fraction of sp³-hybridized carbons (Fsp3) is 0.933. The number of nitrogens with one attached hydrogen (secondary N) is 1. The summed E-state index contributed by atoms with van der Waals surface area (Å²) in [5, 5.41) is 87.6. The molecule has 12 unspecified atom stereocenters. The molecule has 9 N–H and O–H groups in total. The molecule has 89 heavy (non-hydrogen) atoms. The third kappa shape index (κ3) is 44.0. The van der Waals surface area contributed by atoms with Gasteiger partial charge < -0.3 is 65.1 Å². The first kappa shape index (κ1) is 83.6. The topological polar surface area (TPSA) is 228 Å². The van der Waals surface area contributed by atoms with Crippen molar-refractivity contribution in [3.63, 3.8) is 0 Å². The highest BCUT2D eigenvalue weighted by molar-refractivity contribution is 5.76. The molecule has 0 aromatic heterocycles. The Morgan fingerprint density at radius 2 is 0.708 bits per heavy atom. The molecule has 0 aliphatic carbocycles. The molecule has 14 nitrogen and oxygen atoms in total. The average molecular weight is 1270 g/mol. The van der Waals surface area contributed by atoms with Gasteiger partial charge >= 0.3 is 0 Å². The van der Waals surface area contributed by atoms with Crippen molar-refractivity contribution < 1.29 is 64.6 Å². The van der Waals surface area contributed by atoms with Gasteiger partial charge in [-0.1, -0.05) is 327 Å². The SMILES string of the molecule is CCCCCCCCCC/C=C\CCCCCCCCCCCCCCCCCCCCCC(=O)NC(COC1OC(CO)C(OC2OC(CO)C(O)C(O)C2O)C(O)C1O)C(O)/C=C/CCCCCCCCCCCCCCCCCCCCCCCC. The molecule has 0 spiro atoms. The lowest BCUT2D eigenvalue weighted by Gasteiger charge is -2.46. The molecule has 2 aliphatic heterocycles. The van der Waals surface area contributed by atoms with Crippen LogP contribution in [0.25, 0.3) is 0 Å². The van der Waals surface area contributed by atoms with Crippen LogP contribution >= 0.6 is 0 Å². The van der Waals surface area contributed by atoms with Crippen LogP contribution in [0.15, 0.2) is 24.3 Å². The molecule has 0 bridgehead atoms. The minimum Gasteiger partial charge on any atom is -0.394 e. The summed E-state index contributed by atoms with van der Waals surface area (Å²) >= 11 is 0. The summed E-state index contributed by atoms with van der Waals surface area (Å²) in [5.41, 5.74) is 0. The molecular formula is C75H143NO13. The molecule has 14 heteroatoms. The number of hydrogen-bond acceptors (Lipinski definition) is 13. The largest absolute Gasteiger partial charge is 0.394 e. The van der Waals surface area contributed by atoms with Gasteiger partial charge in [-0.05, 0) is 44.9 Å². The standard InChI is InChI=1S/C75H143NO13/c1-3-5-7-9-11-13-15-17-19-21-23-25-27-29-30-31-32-33-34-35-37-39-41-43-45-47-49-51-53-55-57-59-67(80)76-63(62-86-74-72(85)70(83)73(66(61-78)88-74)89-75-71(84)69(82)68(81)65(60-77)87-75)64(79)58-56-54-52-50-48-46-44-42-40-38-36-28-26-24-22-20-18-16-14-12-10-8-6-4-2/h21,23,56,58,63-66,68-75,77-79,81-85H,3-20,22,24-55,57,59-62H2,1-2H3,(H,76,80)/b23-21-,58-56+. The molecule has 0 aromatic rings. The number of amides is 1. The molecule has 2 fully saturated rings. The van der Waals surface area contributed by atoms with Crippen molar-refractivity contribution >= 4 is 5.91 Å². The van der Waals surface area contributed by atoms with Crippen LogP contribution in [-0.4, -0.2) is 140 Å². The van der Waals surface area contributed by atoms with E-state index in [9.17, 15) is 45.6 Å². The summed E-state index contributed by atoms with van der Waals surface area (Å²) in [6, 6.07) is -0.913. The lowest BCUT2D eigenvalue weighted by molar-refractivity contribution is -0.359.